The highest BCUT2D eigenvalue weighted by molar-refractivity contribution is 5.29. The van der Waals surface area contributed by atoms with Crippen LogP contribution in [0, 0.1) is 13.8 Å². The predicted octanol–water partition coefficient (Wildman–Crippen LogP) is 1.84. The summed E-state index contributed by atoms with van der Waals surface area (Å²) in [5, 5.41) is 0. The maximum absolute atomic E-state index is 5.89. The van der Waals surface area contributed by atoms with Crippen molar-refractivity contribution in [3.63, 3.8) is 0 Å². The molecule has 0 unspecified atom stereocenters. The summed E-state index contributed by atoms with van der Waals surface area (Å²) in [6.07, 6.45) is 1.14. The van der Waals surface area contributed by atoms with Gasteiger partial charge in [-0.05, 0) is 37.0 Å². The van der Waals surface area contributed by atoms with Gasteiger partial charge in [0.1, 0.15) is 0 Å². The van der Waals surface area contributed by atoms with Crippen molar-refractivity contribution in [3.05, 3.63) is 34.9 Å². The third-order valence-electron chi connectivity index (χ3n) is 3.29. The van der Waals surface area contributed by atoms with E-state index in [4.69, 9.17) is 5.73 Å². The lowest BCUT2D eigenvalue weighted by atomic mass is 10.1. The van der Waals surface area contributed by atoms with Crippen LogP contribution in [0.2, 0.25) is 0 Å². The minimum atomic E-state index is 0.386. The van der Waals surface area contributed by atoms with Gasteiger partial charge in [-0.3, -0.25) is 4.90 Å². The summed E-state index contributed by atoms with van der Waals surface area (Å²) in [5.74, 6) is 0. The summed E-state index contributed by atoms with van der Waals surface area (Å²) in [6.45, 7) is 7.58. The van der Waals surface area contributed by atoms with Gasteiger partial charge in [-0.1, -0.05) is 18.2 Å². The van der Waals surface area contributed by atoms with Crippen molar-refractivity contribution < 1.29 is 0 Å². The van der Waals surface area contributed by atoms with Crippen molar-refractivity contribution in [1.82, 2.24) is 4.90 Å². The standard InChI is InChI=1S/C13H20N2/c1-10-3-4-12(7-11(10)2)8-15-6-5-13(14)9-15/h3-4,7,13H,5-6,8-9,14H2,1-2H3/t13-/m1/s1. The van der Waals surface area contributed by atoms with Gasteiger partial charge in [0, 0.05) is 25.7 Å². The minimum absolute atomic E-state index is 0.386. The van der Waals surface area contributed by atoms with E-state index in [1.54, 1.807) is 0 Å². The van der Waals surface area contributed by atoms with E-state index in [0.717, 1.165) is 26.1 Å². The molecule has 1 atom stereocenters. The zero-order chi connectivity index (χ0) is 10.8. The van der Waals surface area contributed by atoms with E-state index in [0.29, 0.717) is 6.04 Å². The average molecular weight is 204 g/mol. The molecule has 1 aliphatic rings. The molecule has 0 radical (unpaired) electrons. The van der Waals surface area contributed by atoms with Crippen LogP contribution < -0.4 is 5.73 Å². The van der Waals surface area contributed by atoms with Gasteiger partial charge in [-0.15, -0.1) is 0 Å². The molecule has 1 fully saturated rings. The Morgan fingerprint density at radius 1 is 1.33 bits per heavy atom. The molecule has 0 aromatic heterocycles. The Balaban J connectivity index is 2.02. The number of aryl methyl sites for hydroxylation is 2. The summed E-state index contributed by atoms with van der Waals surface area (Å²) in [7, 11) is 0. The van der Waals surface area contributed by atoms with Gasteiger partial charge in [0.25, 0.3) is 0 Å². The van der Waals surface area contributed by atoms with Gasteiger partial charge in [-0.2, -0.15) is 0 Å². The lowest BCUT2D eigenvalue weighted by Gasteiger charge is -2.15. The first kappa shape index (κ1) is 10.7. The molecule has 0 saturated carbocycles. The lowest BCUT2D eigenvalue weighted by molar-refractivity contribution is 0.327. The van der Waals surface area contributed by atoms with Crippen LogP contribution in [0.4, 0.5) is 0 Å². The van der Waals surface area contributed by atoms with Crippen molar-refractivity contribution in [1.29, 1.82) is 0 Å². The van der Waals surface area contributed by atoms with E-state index in [2.05, 4.69) is 36.9 Å². The van der Waals surface area contributed by atoms with Crippen molar-refractivity contribution in [2.75, 3.05) is 13.1 Å². The van der Waals surface area contributed by atoms with Crippen LogP contribution in [-0.2, 0) is 6.54 Å². The van der Waals surface area contributed by atoms with Crippen LogP contribution in [0.1, 0.15) is 23.1 Å². The Hall–Kier alpha value is -0.860. The van der Waals surface area contributed by atoms with Crippen molar-refractivity contribution in [2.45, 2.75) is 32.9 Å². The van der Waals surface area contributed by atoms with Crippen LogP contribution in [-0.4, -0.2) is 24.0 Å². The Morgan fingerprint density at radius 2 is 2.13 bits per heavy atom. The van der Waals surface area contributed by atoms with Crippen molar-refractivity contribution >= 4 is 0 Å². The Bertz CT molecular complexity index is 346. The second-order valence-corrected chi connectivity index (χ2v) is 4.70. The van der Waals surface area contributed by atoms with Gasteiger partial charge >= 0.3 is 0 Å². The zero-order valence-electron chi connectivity index (χ0n) is 9.66. The SMILES string of the molecule is Cc1ccc(CN2CC[C@@H](N)C2)cc1C. The highest BCUT2D eigenvalue weighted by Gasteiger charge is 2.18. The van der Waals surface area contributed by atoms with Crippen molar-refractivity contribution in [2.24, 2.45) is 5.73 Å². The Kier molecular flexibility index (Phi) is 3.08. The molecule has 0 aliphatic carbocycles. The predicted molar refractivity (Wildman–Crippen MR) is 63.8 cm³/mol. The molecule has 1 heterocycles. The number of nitrogens with zero attached hydrogens (tertiary/aromatic N) is 1. The van der Waals surface area contributed by atoms with Crippen molar-refractivity contribution in [3.8, 4) is 0 Å². The molecule has 15 heavy (non-hydrogen) atoms. The number of likely N-dealkylation sites (tertiary alicyclic amines) is 1. The first-order valence-corrected chi connectivity index (χ1v) is 5.69. The summed E-state index contributed by atoms with van der Waals surface area (Å²) in [4.78, 5) is 2.44. The van der Waals surface area contributed by atoms with Crippen LogP contribution in [0.15, 0.2) is 18.2 Å². The highest BCUT2D eigenvalue weighted by atomic mass is 15.2. The van der Waals surface area contributed by atoms with Crippen LogP contribution in [0.25, 0.3) is 0 Å². The van der Waals surface area contributed by atoms with E-state index in [1.165, 1.54) is 16.7 Å². The van der Waals surface area contributed by atoms with E-state index in [-0.39, 0.29) is 0 Å². The normalized spacial score (nSPS) is 22.2. The molecule has 1 aromatic carbocycles. The van der Waals surface area contributed by atoms with Gasteiger partial charge in [-0.25, -0.2) is 0 Å². The first-order chi connectivity index (χ1) is 7.15. The second kappa shape index (κ2) is 4.33. The van der Waals surface area contributed by atoms with Gasteiger partial charge < -0.3 is 5.73 Å². The van der Waals surface area contributed by atoms with Gasteiger partial charge in [0.2, 0.25) is 0 Å². The minimum Gasteiger partial charge on any atom is -0.326 e. The van der Waals surface area contributed by atoms with E-state index in [9.17, 15) is 0 Å². The molecule has 2 N–H and O–H groups in total. The maximum Gasteiger partial charge on any atom is 0.0234 e. The van der Waals surface area contributed by atoms with Gasteiger partial charge in [0.15, 0.2) is 0 Å². The molecule has 2 nitrogen and oxygen atoms in total. The third kappa shape index (κ3) is 2.58. The number of hydrogen-bond acceptors (Lipinski definition) is 2. The van der Waals surface area contributed by atoms with Crippen LogP contribution in [0.3, 0.4) is 0 Å². The molecule has 2 heteroatoms. The summed E-state index contributed by atoms with van der Waals surface area (Å²) in [5.41, 5.74) is 10.1. The van der Waals surface area contributed by atoms with E-state index >= 15 is 0 Å². The molecule has 1 aliphatic heterocycles. The fourth-order valence-electron chi connectivity index (χ4n) is 2.17. The second-order valence-electron chi connectivity index (χ2n) is 4.70. The number of nitrogens with two attached hydrogens (primary N) is 1. The molecule has 82 valence electrons. The molecule has 0 amide bonds. The van der Waals surface area contributed by atoms with Crippen LogP contribution in [0.5, 0.6) is 0 Å². The quantitative estimate of drug-likeness (QED) is 0.796. The van der Waals surface area contributed by atoms with E-state index < -0.39 is 0 Å². The molecule has 1 aromatic rings. The lowest BCUT2D eigenvalue weighted by Crippen LogP contribution is -2.26. The van der Waals surface area contributed by atoms with Gasteiger partial charge in [0.05, 0.1) is 0 Å². The smallest absolute Gasteiger partial charge is 0.0234 e. The number of hydrogen-bond donors (Lipinski definition) is 1. The molecule has 0 spiro atoms. The number of benzene rings is 1. The fourth-order valence-corrected chi connectivity index (χ4v) is 2.17. The first-order valence-electron chi connectivity index (χ1n) is 5.69. The highest BCUT2D eigenvalue weighted by Crippen LogP contribution is 2.15. The topological polar surface area (TPSA) is 29.3 Å². The largest absolute Gasteiger partial charge is 0.326 e. The maximum atomic E-state index is 5.89. The molecule has 1 saturated heterocycles. The average Bonchev–Trinajstić information content (AvgIpc) is 2.58. The summed E-state index contributed by atoms with van der Waals surface area (Å²) >= 11 is 0. The Morgan fingerprint density at radius 3 is 2.73 bits per heavy atom. The molecular formula is C13H20N2. The molecule has 2 rings (SSSR count). The monoisotopic (exact) mass is 204 g/mol. The van der Waals surface area contributed by atoms with E-state index in [1.807, 2.05) is 0 Å². The number of rotatable bonds is 2. The Labute approximate surface area is 92.1 Å². The summed E-state index contributed by atoms with van der Waals surface area (Å²) in [6, 6.07) is 7.11. The summed E-state index contributed by atoms with van der Waals surface area (Å²) < 4.78 is 0. The molecular weight excluding hydrogens is 184 g/mol. The third-order valence-corrected chi connectivity index (χ3v) is 3.29. The molecule has 0 bridgehead atoms. The zero-order valence-corrected chi connectivity index (χ0v) is 9.66. The fraction of sp³-hybridized carbons (Fsp3) is 0.538. The van der Waals surface area contributed by atoms with Crippen LogP contribution >= 0.6 is 0 Å².